The van der Waals surface area contributed by atoms with Crippen LogP contribution in [-0.4, -0.2) is 32.9 Å². The molecule has 1 unspecified atom stereocenters. The highest BCUT2D eigenvalue weighted by Crippen LogP contribution is 2.26. The second-order valence-corrected chi connectivity index (χ2v) is 5.83. The Morgan fingerprint density at radius 1 is 1.43 bits per heavy atom. The average Bonchev–Trinajstić information content (AvgIpc) is 2.88. The van der Waals surface area contributed by atoms with E-state index in [9.17, 15) is 9.59 Å². The number of hydrogen-bond acceptors (Lipinski definition) is 4. The standard InChI is InChI=1S/C15H16BrN3O4/c1-9-3-4-12(11(16)7-9)23-10(2)15(22)17-13-5-6-19(18-13)8-14(20)21/h3-7,10H,8H2,1-2H3,(H,20,21)(H,17,18,22). The molecule has 1 heterocycles. The van der Waals surface area contributed by atoms with Crippen LogP contribution >= 0.6 is 15.9 Å². The molecule has 0 bridgehead atoms. The van der Waals surface area contributed by atoms with Gasteiger partial charge < -0.3 is 15.2 Å². The first-order chi connectivity index (χ1) is 10.8. The second-order valence-electron chi connectivity index (χ2n) is 4.98. The predicted molar refractivity (Wildman–Crippen MR) is 87.5 cm³/mol. The third-order valence-electron chi connectivity index (χ3n) is 2.95. The van der Waals surface area contributed by atoms with E-state index in [1.807, 2.05) is 19.1 Å². The zero-order valence-corrected chi connectivity index (χ0v) is 14.2. The SMILES string of the molecule is Cc1ccc(OC(C)C(=O)Nc2ccn(CC(=O)O)n2)c(Br)c1. The molecule has 1 aromatic heterocycles. The molecule has 1 atom stereocenters. The first kappa shape index (κ1) is 17.0. The fourth-order valence-electron chi connectivity index (χ4n) is 1.83. The molecule has 0 fully saturated rings. The van der Waals surface area contributed by atoms with E-state index in [4.69, 9.17) is 9.84 Å². The van der Waals surface area contributed by atoms with E-state index in [0.29, 0.717) is 5.75 Å². The highest BCUT2D eigenvalue weighted by molar-refractivity contribution is 9.10. The van der Waals surface area contributed by atoms with Crippen LogP contribution in [-0.2, 0) is 16.1 Å². The van der Waals surface area contributed by atoms with Crippen molar-refractivity contribution >= 4 is 33.6 Å². The van der Waals surface area contributed by atoms with Gasteiger partial charge in [-0.05, 0) is 47.5 Å². The van der Waals surface area contributed by atoms with Gasteiger partial charge in [0, 0.05) is 12.3 Å². The first-order valence-corrected chi connectivity index (χ1v) is 7.63. The van der Waals surface area contributed by atoms with Crippen LogP contribution in [0.25, 0.3) is 0 Å². The molecule has 1 aromatic carbocycles. The van der Waals surface area contributed by atoms with E-state index in [0.717, 1.165) is 10.0 Å². The Balaban J connectivity index is 1.97. The van der Waals surface area contributed by atoms with Gasteiger partial charge in [-0.1, -0.05) is 6.07 Å². The number of carbonyl (C=O) groups is 2. The lowest BCUT2D eigenvalue weighted by Crippen LogP contribution is -2.30. The minimum absolute atomic E-state index is 0.266. The van der Waals surface area contributed by atoms with E-state index >= 15 is 0 Å². The van der Waals surface area contributed by atoms with Crippen LogP contribution in [0.3, 0.4) is 0 Å². The van der Waals surface area contributed by atoms with Gasteiger partial charge in [-0.25, -0.2) is 0 Å². The third-order valence-corrected chi connectivity index (χ3v) is 3.57. The van der Waals surface area contributed by atoms with Gasteiger partial charge in [0.2, 0.25) is 0 Å². The number of halogens is 1. The maximum atomic E-state index is 12.1. The van der Waals surface area contributed by atoms with Crippen LogP contribution in [0.5, 0.6) is 5.75 Å². The topological polar surface area (TPSA) is 93.5 Å². The summed E-state index contributed by atoms with van der Waals surface area (Å²) in [6.45, 7) is 3.31. The van der Waals surface area contributed by atoms with Crippen LogP contribution in [0.2, 0.25) is 0 Å². The second kappa shape index (κ2) is 7.28. The highest BCUT2D eigenvalue weighted by atomic mass is 79.9. The lowest BCUT2D eigenvalue weighted by Gasteiger charge is -2.15. The van der Waals surface area contributed by atoms with E-state index in [1.165, 1.54) is 16.9 Å². The fourth-order valence-corrected chi connectivity index (χ4v) is 2.41. The number of aliphatic carboxylic acids is 1. The molecular weight excluding hydrogens is 366 g/mol. The van der Waals surface area contributed by atoms with Gasteiger partial charge in [-0.15, -0.1) is 0 Å². The van der Waals surface area contributed by atoms with Crippen LogP contribution in [0.4, 0.5) is 5.82 Å². The molecule has 0 radical (unpaired) electrons. The van der Waals surface area contributed by atoms with Gasteiger partial charge in [-0.2, -0.15) is 5.10 Å². The number of ether oxygens (including phenoxy) is 1. The van der Waals surface area contributed by atoms with E-state index in [1.54, 1.807) is 13.0 Å². The summed E-state index contributed by atoms with van der Waals surface area (Å²) >= 11 is 3.39. The molecule has 0 aliphatic heterocycles. The van der Waals surface area contributed by atoms with Gasteiger partial charge in [-0.3, -0.25) is 14.3 Å². The van der Waals surface area contributed by atoms with Gasteiger partial charge in [0.25, 0.3) is 5.91 Å². The molecular formula is C15H16BrN3O4. The Morgan fingerprint density at radius 2 is 2.17 bits per heavy atom. The van der Waals surface area contributed by atoms with Crippen molar-refractivity contribution in [2.45, 2.75) is 26.5 Å². The summed E-state index contributed by atoms with van der Waals surface area (Å²) in [4.78, 5) is 22.7. The number of nitrogens with one attached hydrogen (secondary N) is 1. The predicted octanol–water partition coefficient (Wildman–Crippen LogP) is 2.44. The number of amides is 1. The van der Waals surface area contributed by atoms with Crippen molar-refractivity contribution in [3.63, 3.8) is 0 Å². The molecule has 2 aromatic rings. The largest absolute Gasteiger partial charge is 0.480 e. The zero-order chi connectivity index (χ0) is 17.0. The van der Waals surface area contributed by atoms with Crippen molar-refractivity contribution in [3.8, 4) is 5.75 Å². The third kappa shape index (κ3) is 4.82. The smallest absolute Gasteiger partial charge is 0.325 e. The minimum Gasteiger partial charge on any atom is -0.480 e. The van der Waals surface area contributed by atoms with E-state index < -0.39 is 12.1 Å². The van der Waals surface area contributed by atoms with Gasteiger partial charge >= 0.3 is 5.97 Å². The number of aromatic nitrogens is 2. The molecule has 0 aliphatic rings. The van der Waals surface area contributed by atoms with E-state index in [-0.39, 0.29) is 18.3 Å². The number of benzene rings is 1. The number of hydrogen-bond donors (Lipinski definition) is 2. The van der Waals surface area contributed by atoms with Crippen molar-refractivity contribution in [3.05, 3.63) is 40.5 Å². The van der Waals surface area contributed by atoms with Crippen molar-refractivity contribution in [1.82, 2.24) is 9.78 Å². The Kier molecular flexibility index (Phi) is 5.38. The molecule has 2 N–H and O–H groups in total. The number of nitrogens with zero attached hydrogens (tertiary/aromatic N) is 2. The van der Waals surface area contributed by atoms with Crippen LogP contribution in [0, 0.1) is 6.92 Å². The Labute approximate surface area is 141 Å². The molecule has 0 saturated carbocycles. The molecule has 2 rings (SSSR count). The zero-order valence-electron chi connectivity index (χ0n) is 12.6. The summed E-state index contributed by atoms with van der Waals surface area (Å²) in [7, 11) is 0. The number of aryl methyl sites for hydroxylation is 1. The molecule has 7 nitrogen and oxygen atoms in total. The first-order valence-electron chi connectivity index (χ1n) is 6.84. The Hall–Kier alpha value is -2.35. The lowest BCUT2D eigenvalue weighted by molar-refractivity contribution is -0.137. The van der Waals surface area contributed by atoms with Gasteiger partial charge in [0.15, 0.2) is 11.9 Å². The summed E-state index contributed by atoms with van der Waals surface area (Å²) in [6, 6.07) is 7.09. The average molecular weight is 382 g/mol. The summed E-state index contributed by atoms with van der Waals surface area (Å²) in [5.41, 5.74) is 1.07. The quantitative estimate of drug-likeness (QED) is 0.801. The number of carbonyl (C=O) groups excluding carboxylic acids is 1. The maximum Gasteiger partial charge on any atom is 0.325 e. The fraction of sp³-hybridized carbons (Fsp3) is 0.267. The van der Waals surface area contributed by atoms with Crippen LogP contribution < -0.4 is 10.1 Å². The molecule has 1 amide bonds. The molecule has 122 valence electrons. The van der Waals surface area contributed by atoms with E-state index in [2.05, 4.69) is 26.3 Å². The Morgan fingerprint density at radius 3 is 2.83 bits per heavy atom. The number of anilines is 1. The molecule has 8 heteroatoms. The molecule has 23 heavy (non-hydrogen) atoms. The number of carboxylic acids is 1. The highest BCUT2D eigenvalue weighted by Gasteiger charge is 2.17. The Bertz CT molecular complexity index is 729. The lowest BCUT2D eigenvalue weighted by atomic mass is 10.2. The van der Waals surface area contributed by atoms with Crippen molar-refractivity contribution in [2.24, 2.45) is 0 Å². The summed E-state index contributed by atoms with van der Waals surface area (Å²) in [5.74, 6) is -0.547. The molecule has 0 aliphatic carbocycles. The normalized spacial score (nSPS) is 11.8. The summed E-state index contributed by atoms with van der Waals surface area (Å²) < 4.78 is 7.61. The van der Waals surface area contributed by atoms with Crippen molar-refractivity contribution in [1.29, 1.82) is 0 Å². The van der Waals surface area contributed by atoms with Crippen LogP contribution in [0.15, 0.2) is 34.9 Å². The van der Waals surface area contributed by atoms with Crippen LogP contribution in [0.1, 0.15) is 12.5 Å². The van der Waals surface area contributed by atoms with Gasteiger partial charge in [0.1, 0.15) is 12.3 Å². The summed E-state index contributed by atoms with van der Waals surface area (Å²) in [5, 5.41) is 15.2. The monoisotopic (exact) mass is 381 g/mol. The minimum atomic E-state index is -1.01. The molecule has 0 saturated heterocycles. The van der Waals surface area contributed by atoms with Crippen molar-refractivity contribution in [2.75, 3.05) is 5.32 Å². The van der Waals surface area contributed by atoms with Gasteiger partial charge in [0.05, 0.1) is 4.47 Å². The molecule has 0 spiro atoms. The number of rotatable bonds is 6. The number of carboxylic acid groups (broad SMARTS) is 1. The maximum absolute atomic E-state index is 12.1. The van der Waals surface area contributed by atoms with Crippen molar-refractivity contribution < 1.29 is 19.4 Å². The summed E-state index contributed by atoms with van der Waals surface area (Å²) in [6.07, 6.45) is 0.741.